The smallest absolute Gasteiger partial charge is 0.258 e. The van der Waals surface area contributed by atoms with Crippen LogP contribution in [0.3, 0.4) is 0 Å². The molecule has 2 aliphatic heterocycles. The van der Waals surface area contributed by atoms with Gasteiger partial charge in [-0.25, -0.2) is 9.29 Å². The van der Waals surface area contributed by atoms with E-state index in [2.05, 4.69) is 10.2 Å². The Morgan fingerprint density at radius 2 is 1.37 bits per heavy atom. The maximum Gasteiger partial charge on any atom is 0.258 e. The highest BCUT2D eigenvalue weighted by Gasteiger charge is 2.76. The number of amides is 4. The second-order valence-electron chi connectivity index (χ2n) is 14.4. The Labute approximate surface area is 320 Å². The standard InChI is InChI=1S/C41H34Cl2FN5O5/c1-22-20-23(4-19-33(22)50)35-30-17-18-31-34(32(30)21-40(42)38(53)49(39(54)41(35,40)43)29-11-5-24(44)6-12-29)37(52)48(36(31)51)28-15-9-26(10-16-28)46-45-25-7-13-27(14-8-25)47(2)3/h4-17,19-20,31-32,34-35,50H,18,21H2,1-3H3/t31-,32+,34-,35-,40+,41-/m0/s1. The number of benzene rings is 4. The quantitative estimate of drug-likeness (QED) is 0.0917. The highest BCUT2D eigenvalue weighted by molar-refractivity contribution is 6.58. The molecule has 0 radical (unpaired) electrons. The molecule has 0 spiro atoms. The van der Waals surface area contributed by atoms with Gasteiger partial charge in [-0.05, 0) is 116 Å². The third kappa shape index (κ3) is 5.27. The van der Waals surface area contributed by atoms with Gasteiger partial charge in [-0.2, -0.15) is 10.2 Å². The maximum atomic E-state index is 14.5. The number of carbonyl (C=O) groups is 4. The molecule has 274 valence electrons. The molecular weight excluding hydrogens is 732 g/mol. The molecule has 2 aliphatic carbocycles. The zero-order chi connectivity index (χ0) is 38.3. The molecule has 2 saturated heterocycles. The van der Waals surface area contributed by atoms with E-state index in [1.165, 1.54) is 23.1 Å². The number of halogens is 3. The molecule has 1 saturated carbocycles. The van der Waals surface area contributed by atoms with Crippen LogP contribution < -0.4 is 14.7 Å². The Balaban J connectivity index is 1.15. The molecule has 4 aromatic carbocycles. The van der Waals surface area contributed by atoms with Crippen LogP contribution >= 0.6 is 23.2 Å². The van der Waals surface area contributed by atoms with E-state index in [1.54, 1.807) is 43.3 Å². The number of aryl methyl sites for hydroxylation is 1. The summed E-state index contributed by atoms with van der Waals surface area (Å²) in [6.45, 7) is 1.69. The van der Waals surface area contributed by atoms with Gasteiger partial charge in [0, 0.05) is 25.7 Å². The van der Waals surface area contributed by atoms with Crippen molar-refractivity contribution in [3.8, 4) is 5.75 Å². The van der Waals surface area contributed by atoms with E-state index in [0.29, 0.717) is 33.8 Å². The SMILES string of the molecule is Cc1cc([C@H]2C3=CC[C@@H]4C(=O)N(c5ccc(N=Nc6ccc(N(C)C)cc6)cc5)C(=O)[C@@H]4[C@@H]3C[C@@]3(Cl)C(=O)N(c4ccc(F)cc4)C(=O)[C@@]23Cl)ccc1O. The minimum Gasteiger partial charge on any atom is -0.508 e. The Morgan fingerprint density at radius 1 is 0.778 bits per heavy atom. The van der Waals surface area contributed by atoms with Crippen molar-refractivity contribution in [1.82, 2.24) is 0 Å². The first-order chi connectivity index (χ1) is 25.7. The highest BCUT2D eigenvalue weighted by atomic mass is 35.5. The minimum atomic E-state index is -2.07. The zero-order valence-electron chi connectivity index (χ0n) is 29.4. The van der Waals surface area contributed by atoms with Crippen LogP contribution in [0.15, 0.2) is 113 Å². The summed E-state index contributed by atoms with van der Waals surface area (Å²) in [5.74, 6) is -6.38. The lowest BCUT2D eigenvalue weighted by molar-refractivity contribution is -0.125. The number of anilines is 3. The monoisotopic (exact) mass is 765 g/mol. The van der Waals surface area contributed by atoms with Gasteiger partial charge in [0.15, 0.2) is 9.75 Å². The number of alkyl halides is 2. The summed E-state index contributed by atoms with van der Waals surface area (Å²) in [6, 6.07) is 23.8. The Hall–Kier alpha value is -5.39. The minimum absolute atomic E-state index is 0.0182. The van der Waals surface area contributed by atoms with Crippen molar-refractivity contribution in [2.75, 3.05) is 28.8 Å². The van der Waals surface area contributed by atoms with Gasteiger partial charge in [-0.1, -0.05) is 23.8 Å². The fourth-order valence-corrected chi connectivity index (χ4v) is 9.42. The van der Waals surface area contributed by atoms with Gasteiger partial charge in [0.05, 0.1) is 34.6 Å². The third-order valence-corrected chi connectivity index (χ3v) is 12.6. The van der Waals surface area contributed by atoms with Gasteiger partial charge in [0.1, 0.15) is 11.6 Å². The molecule has 10 nitrogen and oxygen atoms in total. The van der Waals surface area contributed by atoms with Crippen LogP contribution in [0, 0.1) is 30.5 Å². The van der Waals surface area contributed by atoms with Crippen molar-refractivity contribution in [3.05, 3.63) is 120 Å². The van der Waals surface area contributed by atoms with E-state index in [0.717, 1.165) is 22.7 Å². The van der Waals surface area contributed by atoms with Crippen molar-refractivity contribution in [2.24, 2.45) is 28.0 Å². The molecule has 0 unspecified atom stereocenters. The van der Waals surface area contributed by atoms with Crippen molar-refractivity contribution >= 4 is 75.3 Å². The van der Waals surface area contributed by atoms with Gasteiger partial charge < -0.3 is 10.0 Å². The van der Waals surface area contributed by atoms with E-state index < -0.39 is 57.0 Å². The molecule has 0 bridgehead atoms. The first-order valence-electron chi connectivity index (χ1n) is 17.4. The number of fused-ring (bicyclic) bond motifs is 4. The molecule has 8 rings (SSSR count). The molecule has 6 atom stereocenters. The predicted molar refractivity (Wildman–Crippen MR) is 203 cm³/mol. The van der Waals surface area contributed by atoms with Crippen LogP contribution in [0.25, 0.3) is 0 Å². The van der Waals surface area contributed by atoms with E-state index in [-0.39, 0.29) is 30.2 Å². The summed E-state index contributed by atoms with van der Waals surface area (Å²) in [5, 5.41) is 19.0. The van der Waals surface area contributed by atoms with Crippen molar-refractivity contribution in [2.45, 2.75) is 35.4 Å². The van der Waals surface area contributed by atoms with Crippen molar-refractivity contribution in [1.29, 1.82) is 0 Å². The van der Waals surface area contributed by atoms with Gasteiger partial charge in [-0.15, -0.1) is 23.2 Å². The first kappa shape index (κ1) is 35.6. The van der Waals surface area contributed by atoms with Crippen LogP contribution in [0.4, 0.5) is 32.8 Å². The fraction of sp³-hybridized carbons (Fsp3) is 0.268. The normalized spacial score (nSPS) is 27.6. The molecule has 4 aromatic rings. The molecule has 54 heavy (non-hydrogen) atoms. The van der Waals surface area contributed by atoms with Gasteiger partial charge in [0.2, 0.25) is 11.8 Å². The number of allylic oxidation sites excluding steroid dienone is 2. The first-order valence-corrected chi connectivity index (χ1v) is 18.2. The number of imide groups is 2. The summed E-state index contributed by atoms with van der Waals surface area (Å²) in [5.41, 5.74) is 4.29. The lowest BCUT2D eigenvalue weighted by Crippen LogP contribution is -2.60. The highest BCUT2D eigenvalue weighted by Crippen LogP contribution is 2.66. The Morgan fingerprint density at radius 3 is 1.98 bits per heavy atom. The number of phenols is 1. The number of nitrogens with zero attached hydrogens (tertiary/aromatic N) is 5. The zero-order valence-corrected chi connectivity index (χ0v) is 30.9. The largest absolute Gasteiger partial charge is 0.508 e. The Kier molecular flexibility index (Phi) is 8.50. The van der Waals surface area contributed by atoms with Crippen LogP contribution in [0.5, 0.6) is 5.75 Å². The van der Waals surface area contributed by atoms with Crippen molar-refractivity contribution < 1.29 is 28.7 Å². The van der Waals surface area contributed by atoms with Gasteiger partial charge in [0.25, 0.3) is 11.8 Å². The predicted octanol–water partition coefficient (Wildman–Crippen LogP) is 8.09. The molecule has 3 fully saturated rings. The second-order valence-corrected chi connectivity index (χ2v) is 15.7. The molecule has 0 aromatic heterocycles. The molecular formula is C41H34Cl2FN5O5. The summed E-state index contributed by atoms with van der Waals surface area (Å²) in [6.07, 6.45) is 1.83. The van der Waals surface area contributed by atoms with Crippen LogP contribution in [-0.4, -0.2) is 52.6 Å². The molecule has 13 heteroatoms. The second kappa shape index (κ2) is 12.9. The van der Waals surface area contributed by atoms with Gasteiger partial charge >= 0.3 is 0 Å². The molecule has 4 amide bonds. The van der Waals surface area contributed by atoms with Crippen LogP contribution in [0.2, 0.25) is 0 Å². The summed E-state index contributed by atoms with van der Waals surface area (Å²) in [4.78, 5) is 57.4. The lowest BCUT2D eigenvalue weighted by Gasteiger charge is -2.50. The summed E-state index contributed by atoms with van der Waals surface area (Å²) < 4.78 is 13.9. The van der Waals surface area contributed by atoms with Gasteiger partial charge in [-0.3, -0.25) is 24.1 Å². The topological polar surface area (TPSA) is 123 Å². The third-order valence-electron chi connectivity index (χ3n) is 11.2. The van der Waals surface area contributed by atoms with E-state index >= 15 is 0 Å². The average Bonchev–Trinajstić information content (AvgIpc) is 3.50. The number of hydrogen-bond donors (Lipinski definition) is 1. The number of carbonyl (C=O) groups excluding carboxylic acids is 4. The van der Waals surface area contributed by atoms with E-state index in [4.69, 9.17) is 23.2 Å². The lowest BCUT2D eigenvalue weighted by atomic mass is 9.56. The molecule has 1 N–H and O–H groups in total. The number of phenolic OH excluding ortho intramolecular Hbond substituents is 1. The number of hydrogen-bond acceptors (Lipinski definition) is 8. The average molecular weight is 767 g/mol. The summed E-state index contributed by atoms with van der Waals surface area (Å²) >= 11 is 14.9. The van der Waals surface area contributed by atoms with Crippen LogP contribution in [-0.2, 0) is 19.2 Å². The number of azo groups is 1. The van der Waals surface area contributed by atoms with E-state index in [9.17, 15) is 28.7 Å². The van der Waals surface area contributed by atoms with Crippen LogP contribution in [0.1, 0.15) is 29.9 Å². The summed E-state index contributed by atoms with van der Waals surface area (Å²) in [7, 11) is 3.90. The maximum absolute atomic E-state index is 14.5. The molecule has 2 heterocycles. The Bertz CT molecular complexity index is 2300. The van der Waals surface area contributed by atoms with Crippen molar-refractivity contribution in [3.63, 3.8) is 0 Å². The van der Waals surface area contributed by atoms with E-state index in [1.807, 2.05) is 49.3 Å². The number of rotatable bonds is 6. The number of aromatic hydroxyl groups is 1. The fourth-order valence-electron chi connectivity index (χ4n) is 8.49. The molecule has 4 aliphatic rings.